The lowest BCUT2D eigenvalue weighted by molar-refractivity contribution is 0.660. The number of aliphatic imine (C=N–C) groups is 2. The highest BCUT2D eigenvalue weighted by molar-refractivity contribution is 6.66. The number of benzene rings is 4. The van der Waals surface area contributed by atoms with E-state index in [0.717, 1.165) is 28.0 Å². The van der Waals surface area contributed by atoms with Crippen LogP contribution in [0.2, 0.25) is 0 Å². The van der Waals surface area contributed by atoms with Crippen LogP contribution in [0.5, 0.6) is 0 Å². The molecule has 0 aromatic heterocycles. The highest BCUT2D eigenvalue weighted by atomic mass is 35.5. The molecule has 1 aliphatic carbocycles. The van der Waals surface area contributed by atoms with Crippen molar-refractivity contribution in [3.63, 3.8) is 0 Å². The third-order valence-corrected chi connectivity index (χ3v) is 6.96. The fourth-order valence-electron chi connectivity index (χ4n) is 4.95. The Balaban J connectivity index is 1.47. The van der Waals surface area contributed by atoms with Gasteiger partial charge in [-0.1, -0.05) is 111 Å². The average molecular weight is 475 g/mol. The molecule has 0 saturated heterocycles. The third-order valence-electron chi connectivity index (χ3n) is 6.79. The summed E-state index contributed by atoms with van der Waals surface area (Å²) in [4.78, 5) is 9.18. The van der Waals surface area contributed by atoms with Gasteiger partial charge in [-0.2, -0.15) is 0 Å². The van der Waals surface area contributed by atoms with E-state index in [0.29, 0.717) is 5.70 Å². The summed E-state index contributed by atoms with van der Waals surface area (Å²) in [5.74, 6) is 0. The summed E-state index contributed by atoms with van der Waals surface area (Å²) < 4.78 is 0. The van der Waals surface area contributed by atoms with Crippen LogP contribution in [0, 0.1) is 0 Å². The van der Waals surface area contributed by atoms with Crippen molar-refractivity contribution in [3.05, 3.63) is 126 Å². The first kappa shape index (κ1) is 23.0. The maximum Gasteiger partial charge on any atom is 0.223 e. The van der Waals surface area contributed by atoms with E-state index >= 15 is 0 Å². The molecule has 0 heterocycles. The molecule has 5 rings (SSSR count). The summed E-state index contributed by atoms with van der Waals surface area (Å²) in [7, 11) is 0. The summed E-state index contributed by atoms with van der Waals surface area (Å²) in [5, 5.41) is 0.167. The lowest BCUT2D eigenvalue weighted by atomic mass is 9.82. The molecule has 0 fully saturated rings. The van der Waals surface area contributed by atoms with Gasteiger partial charge in [-0.05, 0) is 63.5 Å². The van der Waals surface area contributed by atoms with E-state index in [1.807, 2.05) is 37.3 Å². The van der Waals surface area contributed by atoms with Crippen molar-refractivity contribution in [2.45, 2.75) is 26.2 Å². The Morgan fingerprint density at radius 3 is 2.20 bits per heavy atom. The van der Waals surface area contributed by atoms with Gasteiger partial charge in [-0.25, -0.2) is 9.98 Å². The van der Waals surface area contributed by atoms with Crippen molar-refractivity contribution in [2.75, 3.05) is 0 Å². The van der Waals surface area contributed by atoms with Crippen molar-refractivity contribution in [1.82, 2.24) is 0 Å². The predicted octanol–water partition coefficient (Wildman–Crippen LogP) is 8.73. The van der Waals surface area contributed by atoms with E-state index in [2.05, 4.69) is 97.1 Å². The van der Waals surface area contributed by atoms with Crippen LogP contribution < -0.4 is 0 Å². The second kappa shape index (κ2) is 9.13. The first-order chi connectivity index (χ1) is 16.9. The summed E-state index contributed by atoms with van der Waals surface area (Å²) in [5.41, 5.74) is 10.6. The Morgan fingerprint density at radius 1 is 0.743 bits per heavy atom. The Morgan fingerprint density at radius 2 is 1.40 bits per heavy atom. The van der Waals surface area contributed by atoms with Crippen LogP contribution in [0.25, 0.3) is 28.0 Å². The molecule has 0 bridgehead atoms. The molecule has 0 amide bonds. The normalized spacial score (nSPS) is 14.4. The molecule has 0 saturated carbocycles. The fraction of sp³-hybridized carbons (Fsp3) is 0.125. The zero-order valence-electron chi connectivity index (χ0n) is 20.2. The highest BCUT2D eigenvalue weighted by Gasteiger charge is 2.36. The molecule has 0 unspecified atom stereocenters. The molecule has 0 spiro atoms. The van der Waals surface area contributed by atoms with E-state index < -0.39 is 0 Å². The summed E-state index contributed by atoms with van der Waals surface area (Å²) >= 11 is 6.54. The second-order valence-electron chi connectivity index (χ2n) is 9.37. The Labute approximate surface area is 212 Å². The third kappa shape index (κ3) is 4.26. The van der Waals surface area contributed by atoms with Gasteiger partial charge < -0.3 is 0 Å². The Bertz CT molecular complexity index is 1490. The van der Waals surface area contributed by atoms with Crippen molar-refractivity contribution < 1.29 is 0 Å². The van der Waals surface area contributed by atoms with Crippen molar-refractivity contribution >= 4 is 28.3 Å². The van der Waals surface area contributed by atoms with Gasteiger partial charge in [-0.3, -0.25) is 0 Å². The first-order valence-corrected chi connectivity index (χ1v) is 12.1. The SMILES string of the molecule is C=C(N=C(Cl)N=C(C)c1cccc(-c2ccccc2)c1)c1cccc2c1-c1ccccc1C2(C)C. The molecule has 4 aromatic rings. The van der Waals surface area contributed by atoms with Crippen LogP contribution in [0.1, 0.15) is 43.0 Å². The van der Waals surface area contributed by atoms with E-state index in [1.165, 1.54) is 22.3 Å². The highest BCUT2D eigenvalue weighted by Crippen LogP contribution is 2.50. The molecule has 0 atom stereocenters. The van der Waals surface area contributed by atoms with Gasteiger partial charge in [0.15, 0.2) is 0 Å². The first-order valence-electron chi connectivity index (χ1n) is 11.7. The van der Waals surface area contributed by atoms with E-state index in [1.54, 1.807) is 0 Å². The molecular weight excluding hydrogens is 448 g/mol. The maximum absolute atomic E-state index is 6.54. The van der Waals surface area contributed by atoms with Crippen molar-refractivity contribution in [1.29, 1.82) is 0 Å². The molecular formula is C32H27ClN2. The largest absolute Gasteiger partial charge is 0.223 e. The molecule has 0 radical (unpaired) electrons. The van der Waals surface area contributed by atoms with Gasteiger partial charge in [0.05, 0.1) is 5.70 Å². The van der Waals surface area contributed by atoms with Crippen LogP contribution in [0.15, 0.2) is 114 Å². The van der Waals surface area contributed by atoms with E-state index in [-0.39, 0.29) is 10.7 Å². The number of nitrogens with zero attached hydrogens (tertiary/aromatic N) is 2. The Hall–Kier alpha value is -3.75. The summed E-state index contributed by atoms with van der Waals surface area (Å²) in [6.07, 6.45) is 0. The lowest BCUT2D eigenvalue weighted by Gasteiger charge is -2.21. The van der Waals surface area contributed by atoms with Gasteiger partial charge in [0, 0.05) is 16.7 Å². The van der Waals surface area contributed by atoms with E-state index in [4.69, 9.17) is 11.6 Å². The predicted molar refractivity (Wildman–Crippen MR) is 150 cm³/mol. The minimum atomic E-state index is -0.0752. The fourth-order valence-corrected chi connectivity index (χ4v) is 5.18. The second-order valence-corrected chi connectivity index (χ2v) is 9.71. The van der Waals surface area contributed by atoms with Gasteiger partial charge in [0.1, 0.15) is 0 Å². The van der Waals surface area contributed by atoms with Crippen molar-refractivity contribution in [3.8, 4) is 22.3 Å². The lowest BCUT2D eigenvalue weighted by Crippen LogP contribution is -2.14. The van der Waals surface area contributed by atoms with Crippen molar-refractivity contribution in [2.24, 2.45) is 9.98 Å². The number of rotatable bonds is 4. The molecule has 4 aromatic carbocycles. The van der Waals surface area contributed by atoms with Crippen LogP contribution in [-0.2, 0) is 5.41 Å². The molecule has 2 nitrogen and oxygen atoms in total. The standard InChI is InChI=1S/C32H27ClN2/c1-21(24-14-10-15-25(20-24)23-12-6-5-7-13-23)34-31(33)35-22(2)26-17-11-19-29-30(26)27-16-8-9-18-28(27)32(29,3)4/h5-20H,2H2,1,3-4H3. The van der Waals surface area contributed by atoms with Crippen LogP contribution in [0.3, 0.4) is 0 Å². The molecule has 0 N–H and O–H groups in total. The van der Waals surface area contributed by atoms with Gasteiger partial charge >= 0.3 is 0 Å². The number of hydrogen-bond acceptors (Lipinski definition) is 1. The average Bonchev–Trinajstić information content (AvgIpc) is 3.11. The van der Waals surface area contributed by atoms with Crippen LogP contribution >= 0.6 is 11.6 Å². The maximum atomic E-state index is 6.54. The Kier molecular flexibility index (Phi) is 6.00. The topological polar surface area (TPSA) is 24.7 Å². The zero-order valence-corrected chi connectivity index (χ0v) is 21.0. The van der Waals surface area contributed by atoms with Gasteiger partial charge in [0.25, 0.3) is 0 Å². The smallest absolute Gasteiger partial charge is 0.223 e. The number of hydrogen-bond donors (Lipinski definition) is 0. The number of halogens is 1. The molecule has 1 aliphatic rings. The zero-order chi connectivity index (χ0) is 24.6. The van der Waals surface area contributed by atoms with Gasteiger partial charge in [-0.15, -0.1) is 0 Å². The molecule has 35 heavy (non-hydrogen) atoms. The minimum absolute atomic E-state index is 0.0752. The van der Waals surface area contributed by atoms with Gasteiger partial charge in [0.2, 0.25) is 5.29 Å². The quantitative estimate of drug-likeness (QED) is 0.160. The van der Waals surface area contributed by atoms with Crippen LogP contribution in [0.4, 0.5) is 0 Å². The molecule has 0 aliphatic heterocycles. The molecule has 172 valence electrons. The minimum Gasteiger partial charge on any atom is -0.223 e. The van der Waals surface area contributed by atoms with Crippen LogP contribution in [-0.4, -0.2) is 11.0 Å². The molecule has 3 heteroatoms. The number of fused-ring (bicyclic) bond motifs is 3. The number of amidine groups is 1. The monoisotopic (exact) mass is 474 g/mol. The van der Waals surface area contributed by atoms with E-state index in [9.17, 15) is 0 Å². The summed E-state index contributed by atoms with van der Waals surface area (Å²) in [6.45, 7) is 10.7. The summed E-state index contributed by atoms with van der Waals surface area (Å²) in [6, 6.07) is 33.5.